The van der Waals surface area contributed by atoms with Gasteiger partial charge in [0.25, 0.3) is 5.56 Å². The lowest BCUT2D eigenvalue weighted by molar-refractivity contribution is -0.116. The number of amides is 1. The van der Waals surface area contributed by atoms with Crippen LogP contribution in [0.25, 0.3) is 20.7 Å². The second-order valence-electron chi connectivity index (χ2n) is 6.22. The largest absolute Gasteiger partial charge is 0.323 e. The van der Waals surface area contributed by atoms with E-state index in [0.717, 1.165) is 10.4 Å². The number of carbonyl (C=O) groups excluding carboxylic acids is 1. The highest BCUT2D eigenvalue weighted by molar-refractivity contribution is 7.22. The topological polar surface area (TPSA) is 87.8 Å². The number of rotatable bonds is 4. The van der Waals surface area contributed by atoms with Crippen molar-refractivity contribution < 1.29 is 4.79 Å². The van der Waals surface area contributed by atoms with Crippen LogP contribution in [0.2, 0.25) is 5.02 Å². The average molecular weight is 421 g/mol. The van der Waals surface area contributed by atoms with Crippen LogP contribution in [-0.4, -0.2) is 15.5 Å². The minimum atomic E-state index is -0.452. The Balaban J connectivity index is 1.61. The van der Waals surface area contributed by atoms with E-state index in [9.17, 15) is 9.59 Å². The second-order valence-corrected chi connectivity index (χ2v) is 7.71. The van der Waals surface area contributed by atoms with E-state index in [2.05, 4.69) is 10.3 Å². The van der Waals surface area contributed by atoms with Gasteiger partial charge >= 0.3 is 0 Å². The number of nitriles is 1. The summed E-state index contributed by atoms with van der Waals surface area (Å²) >= 11 is 7.28. The first-order valence-electron chi connectivity index (χ1n) is 8.59. The first-order valence-corrected chi connectivity index (χ1v) is 9.78. The van der Waals surface area contributed by atoms with Gasteiger partial charge in [0.15, 0.2) is 0 Å². The normalized spacial score (nSPS) is 10.6. The van der Waals surface area contributed by atoms with Crippen LogP contribution >= 0.6 is 22.9 Å². The van der Waals surface area contributed by atoms with Crippen molar-refractivity contribution >= 4 is 44.7 Å². The molecular weight excluding hydrogens is 408 g/mol. The van der Waals surface area contributed by atoms with Crippen LogP contribution in [0.1, 0.15) is 5.56 Å². The van der Waals surface area contributed by atoms with Crippen molar-refractivity contribution in [3.8, 4) is 16.5 Å². The molecule has 4 aromatic rings. The number of benzene rings is 2. The maximum absolute atomic E-state index is 12.8. The van der Waals surface area contributed by atoms with E-state index in [4.69, 9.17) is 16.9 Å². The van der Waals surface area contributed by atoms with Crippen molar-refractivity contribution in [2.45, 2.75) is 6.54 Å². The number of hydrogen-bond donors (Lipinski definition) is 1. The zero-order valence-electron chi connectivity index (χ0n) is 14.9. The van der Waals surface area contributed by atoms with Crippen LogP contribution in [0.5, 0.6) is 0 Å². The Morgan fingerprint density at radius 1 is 1.21 bits per heavy atom. The number of carbonyl (C=O) groups is 1. The molecule has 0 bridgehead atoms. The standard InChI is InChI=1S/C21H13ClN4O2S/c22-15-7-6-14(10-23)16(8-15)25-19(27)11-26-12-24-17-9-18(29-20(17)21(26)28)13-4-2-1-3-5-13/h1-9,12H,11H2,(H,25,27). The molecule has 0 saturated heterocycles. The highest BCUT2D eigenvalue weighted by Gasteiger charge is 2.13. The van der Waals surface area contributed by atoms with Crippen LogP contribution in [0, 0.1) is 11.3 Å². The fourth-order valence-electron chi connectivity index (χ4n) is 2.86. The van der Waals surface area contributed by atoms with E-state index in [1.807, 2.05) is 42.5 Å². The van der Waals surface area contributed by atoms with E-state index in [1.54, 1.807) is 6.07 Å². The summed E-state index contributed by atoms with van der Waals surface area (Å²) in [6.07, 6.45) is 1.36. The maximum atomic E-state index is 12.8. The molecule has 2 heterocycles. The lowest BCUT2D eigenvalue weighted by Gasteiger charge is -2.09. The molecule has 0 radical (unpaired) electrons. The lowest BCUT2D eigenvalue weighted by atomic mass is 10.2. The van der Waals surface area contributed by atoms with Gasteiger partial charge in [0.1, 0.15) is 17.3 Å². The van der Waals surface area contributed by atoms with E-state index in [0.29, 0.717) is 20.9 Å². The summed E-state index contributed by atoms with van der Waals surface area (Å²) < 4.78 is 1.74. The molecular formula is C21H13ClN4O2S. The highest BCUT2D eigenvalue weighted by atomic mass is 35.5. The summed E-state index contributed by atoms with van der Waals surface area (Å²) in [6, 6.07) is 18.2. The van der Waals surface area contributed by atoms with Crippen LogP contribution in [0.4, 0.5) is 5.69 Å². The van der Waals surface area contributed by atoms with Crippen LogP contribution in [0.3, 0.4) is 0 Å². The molecule has 1 N–H and O–H groups in total. The Morgan fingerprint density at radius 3 is 2.76 bits per heavy atom. The Labute approximate surface area is 174 Å². The van der Waals surface area contributed by atoms with Crippen LogP contribution < -0.4 is 10.9 Å². The Kier molecular flexibility index (Phi) is 5.12. The predicted molar refractivity (Wildman–Crippen MR) is 114 cm³/mol. The van der Waals surface area contributed by atoms with Gasteiger partial charge in [-0.1, -0.05) is 41.9 Å². The molecule has 0 aliphatic heterocycles. The Bertz CT molecular complexity index is 1320. The molecule has 29 heavy (non-hydrogen) atoms. The number of anilines is 1. The molecule has 0 saturated carbocycles. The minimum Gasteiger partial charge on any atom is -0.323 e. The quantitative estimate of drug-likeness (QED) is 0.533. The zero-order chi connectivity index (χ0) is 20.4. The number of nitrogens with one attached hydrogen (secondary N) is 1. The van der Waals surface area contributed by atoms with Crippen molar-refractivity contribution in [1.29, 1.82) is 5.26 Å². The zero-order valence-corrected chi connectivity index (χ0v) is 16.5. The van der Waals surface area contributed by atoms with Gasteiger partial charge in [-0.2, -0.15) is 5.26 Å². The molecule has 0 fully saturated rings. The summed E-state index contributed by atoms with van der Waals surface area (Å²) in [5.74, 6) is -0.452. The molecule has 0 aliphatic carbocycles. The molecule has 0 atom stereocenters. The van der Waals surface area contributed by atoms with E-state index in [1.165, 1.54) is 34.4 Å². The van der Waals surface area contributed by atoms with Crippen LogP contribution in [-0.2, 0) is 11.3 Å². The summed E-state index contributed by atoms with van der Waals surface area (Å²) in [5.41, 5.74) is 1.90. The summed E-state index contributed by atoms with van der Waals surface area (Å²) in [6.45, 7) is -0.224. The first-order chi connectivity index (χ1) is 14.0. The van der Waals surface area contributed by atoms with Gasteiger partial charge in [-0.25, -0.2) is 4.98 Å². The SMILES string of the molecule is N#Cc1ccc(Cl)cc1NC(=O)Cn1cnc2cc(-c3ccccc3)sc2c1=O. The molecule has 2 aromatic carbocycles. The van der Waals surface area contributed by atoms with Crippen LogP contribution in [0.15, 0.2) is 65.7 Å². The van der Waals surface area contributed by atoms with Gasteiger partial charge in [-0.05, 0) is 29.8 Å². The fourth-order valence-corrected chi connectivity index (χ4v) is 4.10. The molecule has 1 amide bonds. The minimum absolute atomic E-state index is 0.224. The van der Waals surface area contributed by atoms with Gasteiger partial charge in [0.05, 0.1) is 23.1 Å². The van der Waals surface area contributed by atoms with E-state index >= 15 is 0 Å². The van der Waals surface area contributed by atoms with Crippen molar-refractivity contribution in [2.75, 3.05) is 5.32 Å². The number of aromatic nitrogens is 2. The van der Waals surface area contributed by atoms with Crippen molar-refractivity contribution in [1.82, 2.24) is 9.55 Å². The van der Waals surface area contributed by atoms with Crippen molar-refractivity contribution in [3.05, 3.63) is 81.9 Å². The summed E-state index contributed by atoms with van der Waals surface area (Å²) in [7, 11) is 0. The van der Waals surface area contributed by atoms with Crippen molar-refractivity contribution in [2.24, 2.45) is 0 Å². The maximum Gasteiger partial charge on any atom is 0.271 e. The number of thiophene rings is 1. The molecule has 0 spiro atoms. The third kappa shape index (κ3) is 3.90. The third-order valence-electron chi connectivity index (χ3n) is 4.25. The second kappa shape index (κ2) is 7.87. The number of nitrogens with zero attached hydrogens (tertiary/aromatic N) is 3. The molecule has 2 aromatic heterocycles. The molecule has 142 valence electrons. The fraction of sp³-hybridized carbons (Fsp3) is 0.0476. The van der Waals surface area contributed by atoms with Gasteiger partial charge in [-0.15, -0.1) is 11.3 Å². The summed E-state index contributed by atoms with van der Waals surface area (Å²) in [5, 5.41) is 12.2. The van der Waals surface area contributed by atoms with E-state index in [-0.39, 0.29) is 17.7 Å². The van der Waals surface area contributed by atoms with Gasteiger partial charge in [0.2, 0.25) is 5.91 Å². The monoisotopic (exact) mass is 420 g/mol. The van der Waals surface area contributed by atoms with E-state index < -0.39 is 5.91 Å². The Morgan fingerprint density at radius 2 is 2.00 bits per heavy atom. The molecule has 8 heteroatoms. The Hall–Kier alpha value is -3.47. The number of hydrogen-bond acceptors (Lipinski definition) is 5. The molecule has 0 unspecified atom stereocenters. The smallest absolute Gasteiger partial charge is 0.271 e. The summed E-state index contributed by atoms with van der Waals surface area (Å²) in [4.78, 5) is 30.5. The lowest BCUT2D eigenvalue weighted by Crippen LogP contribution is -2.27. The molecule has 6 nitrogen and oxygen atoms in total. The molecule has 4 rings (SSSR count). The average Bonchev–Trinajstić information content (AvgIpc) is 3.16. The molecule has 0 aliphatic rings. The number of halogens is 1. The number of fused-ring (bicyclic) bond motifs is 1. The highest BCUT2D eigenvalue weighted by Crippen LogP contribution is 2.30. The third-order valence-corrected chi connectivity index (χ3v) is 5.65. The van der Waals surface area contributed by atoms with Gasteiger partial charge < -0.3 is 5.32 Å². The predicted octanol–water partition coefficient (Wildman–Crippen LogP) is 4.29. The van der Waals surface area contributed by atoms with Gasteiger partial charge in [0, 0.05) is 9.90 Å². The van der Waals surface area contributed by atoms with Gasteiger partial charge in [-0.3, -0.25) is 14.2 Å². The first kappa shape index (κ1) is 18.9. The van der Waals surface area contributed by atoms with Crippen molar-refractivity contribution in [3.63, 3.8) is 0 Å².